The first-order chi connectivity index (χ1) is 6.18. The maximum Gasteiger partial charge on any atom is 0.306 e. The van der Waals surface area contributed by atoms with Crippen LogP contribution in [0.4, 0.5) is 0 Å². The molecule has 0 bridgehead atoms. The number of ether oxygens (including phenoxy) is 1. The predicted molar refractivity (Wildman–Crippen MR) is 46.5 cm³/mol. The van der Waals surface area contributed by atoms with Crippen LogP contribution in [0.15, 0.2) is 0 Å². The van der Waals surface area contributed by atoms with E-state index in [1.807, 2.05) is 0 Å². The van der Waals surface area contributed by atoms with Crippen molar-refractivity contribution in [2.45, 2.75) is 24.9 Å². The normalized spacial score (nSPS) is 34.0. The van der Waals surface area contributed by atoms with Crippen LogP contribution < -0.4 is 0 Å². The highest BCUT2D eigenvalue weighted by molar-refractivity contribution is 5.71. The number of hydrogen-bond donors (Lipinski definition) is 1. The topological polar surface area (TPSA) is 49.8 Å². The molecule has 0 spiro atoms. The van der Waals surface area contributed by atoms with Gasteiger partial charge in [0, 0.05) is 6.04 Å². The molecule has 0 unspecified atom stereocenters. The van der Waals surface area contributed by atoms with Gasteiger partial charge in [-0.3, -0.25) is 9.69 Å². The summed E-state index contributed by atoms with van der Waals surface area (Å²) in [6.45, 7) is 1.62. The molecule has 4 heteroatoms. The van der Waals surface area contributed by atoms with Gasteiger partial charge in [0.05, 0.1) is 25.2 Å². The van der Waals surface area contributed by atoms with Crippen molar-refractivity contribution in [1.29, 1.82) is 0 Å². The number of nitrogens with zero attached hydrogens (tertiary/aromatic N) is 1. The molecule has 0 aromatic rings. The maximum absolute atomic E-state index is 10.6. The van der Waals surface area contributed by atoms with E-state index in [0.29, 0.717) is 12.1 Å². The quantitative estimate of drug-likeness (QED) is 0.681. The lowest BCUT2D eigenvalue weighted by atomic mass is 9.79. The first-order valence-corrected chi connectivity index (χ1v) is 4.71. The van der Waals surface area contributed by atoms with E-state index >= 15 is 0 Å². The van der Waals surface area contributed by atoms with Crippen LogP contribution in [0.3, 0.4) is 0 Å². The Balaban J connectivity index is 1.75. The van der Waals surface area contributed by atoms with Gasteiger partial charge in [-0.1, -0.05) is 0 Å². The fourth-order valence-electron chi connectivity index (χ4n) is 1.88. The molecule has 0 atom stereocenters. The third-order valence-corrected chi connectivity index (χ3v) is 3.23. The summed E-state index contributed by atoms with van der Waals surface area (Å²) in [6.07, 6.45) is 1.62. The van der Waals surface area contributed by atoms with E-state index in [1.54, 1.807) is 0 Å². The molecule has 1 saturated heterocycles. The van der Waals surface area contributed by atoms with Crippen molar-refractivity contribution < 1.29 is 14.6 Å². The van der Waals surface area contributed by atoms with Crippen LogP contribution in [0.1, 0.15) is 12.8 Å². The molecular formula is C9H15NO3. The van der Waals surface area contributed by atoms with Gasteiger partial charge in [-0.15, -0.1) is 0 Å². The van der Waals surface area contributed by atoms with E-state index in [4.69, 9.17) is 9.84 Å². The molecule has 0 radical (unpaired) electrons. The molecule has 0 amide bonds. The molecule has 1 saturated carbocycles. The second kappa shape index (κ2) is 3.27. The largest absolute Gasteiger partial charge is 0.481 e. The Morgan fingerprint density at radius 2 is 2.00 bits per heavy atom. The fraction of sp³-hybridized carbons (Fsp3) is 0.889. The highest BCUT2D eigenvalue weighted by Gasteiger charge is 2.40. The summed E-state index contributed by atoms with van der Waals surface area (Å²) < 4.78 is 5.09. The van der Waals surface area contributed by atoms with E-state index in [2.05, 4.69) is 11.9 Å². The molecule has 0 aromatic heterocycles. The van der Waals surface area contributed by atoms with Gasteiger partial charge in [-0.2, -0.15) is 0 Å². The summed E-state index contributed by atoms with van der Waals surface area (Å²) in [4.78, 5) is 12.8. The van der Waals surface area contributed by atoms with Crippen molar-refractivity contribution in [2.24, 2.45) is 5.92 Å². The summed E-state index contributed by atoms with van der Waals surface area (Å²) in [5.74, 6) is -0.747. The van der Waals surface area contributed by atoms with Gasteiger partial charge in [-0.25, -0.2) is 0 Å². The van der Waals surface area contributed by atoms with Gasteiger partial charge in [0.2, 0.25) is 0 Å². The lowest BCUT2D eigenvalue weighted by molar-refractivity contribution is -0.149. The van der Waals surface area contributed by atoms with Crippen LogP contribution in [0, 0.1) is 5.92 Å². The highest BCUT2D eigenvalue weighted by Crippen LogP contribution is 2.33. The molecule has 13 heavy (non-hydrogen) atoms. The van der Waals surface area contributed by atoms with Crippen molar-refractivity contribution in [3.63, 3.8) is 0 Å². The summed E-state index contributed by atoms with van der Waals surface area (Å²) in [5, 5.41) is 8.70. The monoisotopic (exact) mass is 185 g/mol. The lowest BCUT2D eigenvalue weighted by Crippen LogP contribution is -2.55. The number of carboxylic acid groups (broad SMARTS) is 1. The smallest absolute Gasteiger partial charge is 0.306 e. The molecule has 4 nitrogen and oxygen atoms in total. The molecule has 2 aliphatic rings. The lowest BCUT2D eigenvalue weighted by Gasteiger charge is -2.45. The van der Waals surface area contributed by atoms with Gasteiger partial charge >= 0.3 is 5.97 Å². The van der Waals surface area contributed by atoms with Gasteiger partial charge in [0.15, 0.2) is 0 Å². The molecular weight excluding hydrogens is 170 g/mol. The Kier molecular flexibility index (Phi) is 2.26. The molecule has 1 heterocycles. The summed E-state index contributed by atoms with van der Waals surface area (Å²) in [7, 11) is 2.07. The minimum atomic E-state index is -0.644. The number of likely N-dealkylation sites (N-methyl/N-ethyl adjacent to an activating group) is 1. The fourth-order valence-corrected chi connectivity index (χ4v) is 1.88. The summed E-state index contributed by atoms with van der Waals surface area (Å²) >= 11 is 0. The third kappa shape index (κ3) is 1.56. The van der Waals surface area contributed by atoms with Crippen LogP contribution in [0.5, 0.6) is 0 Å². The zero-order valence-corrected chi connectivity index (χ0v) is 7.77. The predicted octanol–water partition coefficient (Wildman–Crippen LogP) is 0.180. The molecule has 2 fully saturated rings. The Hall–Kier alpha value is -0.610. The van der Waals surface area contributed by atoms with Gasteiger partial charge in [-0.05, 0) is 19.9 Å². The van der Waals surface area contributed by atoms with Crippen molar-refractivity contribution in [3.8, 4) is 0 Å². The Labute approximate surface area is 77.5 Å². The minimum absolute atomic E-state index is 0.103. The second-order valence-electron chi connectivity index (χ2n) is 4.02. The van der Waals surface area contributed by atoms with Crippen LogP contribution in [0.25, 0.3) is 0 Å². The number of hydrogen-bond acceptors (Lipinski definition) is 3. The Morgan fingerprint density at radius 1 is 1.38 bits per heavy atom. The van der Waals surface area contributed by atoms with Crippen molar-refractivity contribution in [3.05, 3.63) is 0 Å². The van der Waals surface area contributed by atoms with Crippen LogP contribution >= 0.6 is 0 Å². The molecule has 2 rings (SSSR count). The summed E-state index contributed by atoms with van der Waals surface area (Å²) in [5.41, 5.74) is 0. The number of rotatable bonds is 3. The van der Waals surface area contributed by atoms with Gasteiger partial charge < -0.3 is 9.84 Å². The zero-order valence-electron chi connectivity index (χ0n) is 7.77. The van der Waals surface area contributed by atoms with E-state index < -0.39 is 5.97 Å². The molecule has 1 aliphatic carbocycles. The van der Waals surface area contributed by atoms with Crippen LogP contribution in [-0.2, 0) is 9.53 Å². The Morgan fingerprint density at radius 3 is 2.38 bits per heavy atom. The minimum Gasteiger partial charge on any atom is -0.481 e. The summed E-state index contributed by atoms with van der Waals surface area (Å²) in [6, 6.07) is 0.995. The highest BCUT2D eigenvalue weighted by atomic mass is 16.5. The van der Waals surface area contributed by atoms with Crippen molar-refractivity contribution >= 4 is 5.97 Å². The van der Waals surface area contributed by atoms with E-state index in [-0.39, 0.29) is 5.92 Å². The van der Waals surface area contributed by atoms with Crippen LogP contribution in [0.2, 0.25) is 0 Å². The Bertz CT molecular complexity index is 209. The SMILES string of the molecule is CN(C1COC1)C1CC(C(=O)O)C1. The molecule has 1 N–H and O–H groups in total. The first kappa shape index (κ1) is 8.97. The number of carbonyl (C=O) groups is 1. The van der Waals surface area contributed by atoms with Crippen molar-refractivity contribution in [2.75, 3.05) is 20.3 Å². The first-order valence-electron chi connectivity index (χ1n) is 4.71. The van der Waals surface area contributed by atoms with Crippen molar-refractivity contribution in [1.82, 2.24) is 4.90 Å². The average molecular weight is 185 g/mol. The standard InChI is InChI=1S/C9H15NO3/c1-10(8-4-13-5-8)7-2-6(3-7)9(11)12/h6-8H,2-5H2,1H3,(H,11,12). The van der Waals surface area contributed by atoms with E-state index in [0.717, 1.165) is 26.1 Å². The van der Waals surface area contributed by atoms with E-state index in [9.17, 15) is 4.79 Å². The molecule has 74 valence electrons. The second-order valence-corrected chi connectivity index (χ2v) is 4.02. The average Bonchev–Trinajstić information content (AvgIpc) is 1.76. The van der Waals surface area contributed by atoms with Gasteiger partial charge in [0.25, 0.3) is 0 Å². The van der Waals surface area contributed by atoms with Gasteiger partial charge in [0.1, 0.15) is 0 Å². The van der Waals surface area contributed by atoms with E-state index in [1.165, 1.54) is 0 Å². The molecule has 1 aliphatic heterocycles. The number of carboxylic acids is 1. The number of aliphatic carboxylic acids is 1. The molecule has 0 aromatic carbocycles. The zero-order chi connectivity index (χ0) is 9.42. The van der Waals surface area contributed by atoms with Crippen LogP contribution in [-0.4, -0.2) is 48.3 Å². The maximum atomic E-state index is 10.6. The third-order valence-electron chi connectivity index (χ3n) is 3.23.